The number of fused-ring (bicyclic) bond motifs is 1. The zero-order chi connectivity index (χ0) is 15.7. The number of para-hydroxylation sites is 1. The van der Waals surface area contributed by atoms with E-state index in [9.17, 15) is 4.79 Å². The Morgan fingerprint density at radius 1 is 1.32 bits per heavy atom. The van der Waals surface area contributed by atoms with Gasteiger partial charge in [-0.3, -0.25) is 14.0 Å². The van der Waals surface area contributed by atoms with Crippen LogP contribution in [-0.2, 0) is 7.05 Å². The Morgan fingerprint density at radius 3 is 2.77 bits per heavy atom. The monoisotopic (exact) mass is 298 g/mol. The second-order valence-corrected chi connectivity index (χ2v) is 5.12. The van der Waals surface area contributed by atoms with Crippen LogP contribution in [0.4, 0.5) is 0 Å². The average Bonchev–Trinajstić information content (AvgIpc) is 2.96. The van der Waals surface area contributed by atoms with E-state index in [0.29, 0.717) is 16.7 Å². The van der Waals surface area contributed by atoms with Crippen molar-refractivity contribution in [3.8, 4) is 5.75 Å². The van der Waals surface area contributed by atoms with Gasteiger partial charge in [0.15, 0.2) is 0 Å². The summed E-state index contributed by atoms with van der Waals surface area (Å²) in [6, 6.07) is 7.22. The first-order valence-corrected chi connectivity index (χ1v) is 7.19. The highest BCUT2D eigenvalue weighted by Crippen LogP contribution is 2.23. The van der Waals surface area contributed by atoms with Crippen molar-refractivity contribution in [1.82, 2.24) is 19.3 Å². The van der Waals surface area contributed by atoms with Crippen LogP contribution < -0.4 is 10.3 Å². The zero-order valence-corrected chi connectivity index (χ0v) is 12.9. The van der Waals surface area contributed by atoms with E-state index in [1.54, 1.807) is 47.1 Å². The molecule has 0 aliphatic rings. The number of rotatable bonds is 4. The van der Waals surface area contributed by atoms with E-state index in [-0.39, 0.29) is 11.6 Å². The van der Waals surface area contributed by atoms with Crippen LogP contribution in [0.15, 0.2) is 41.6 Å². The molecule has 6 heteroatoms. The summed E-state index contributed by atoms with van der Waals surface area (Å²) in [5.74, 6) is 0.607. The number of benzene rings is 1. The van der Waals surface area contributed by atoms with Crippen molar-refractivity contribution >= 4 is 10.9 Å². The quantitative estimate of drug-likeness (QED) is 0.740. The summed E-state index contributed by atoms with van der Waals surface area (Å²) >= 11 is 0. The summed E-state index contributed by atoms with van der Waals surface area (Å²) in [6.45, 7) is 2.04. The summed E-state index contributed by atoms with van der Waals surface area (Å²) in [5.41, 5.74) is 1.50. The van der Waals surface area contributed by atoms with Gasteiger partial charge in [0.25, 0.3) is 5.56 Å². The van der Waals surface area contributed by atoms with Gasteiger partial charge < -0.3 is 4.74 Å². The molecule has 2 aromatic heterocycles. The molecule has 0 unspecified atom stereocenters. The number of ether oxygens (including phenoxy) is 1. The third-order valence-electron chi connectivity index (χ3n) is 3.92. The number of aryl methyl sites for hydroxylation is 1. The molecule has 3 aromatic rings. The number of nitrogens with zero attached hydrogens (tertiary/aromatic N) is 4. The molecule has 0 fully saturated rings. The van der Waals surface area contributed by atoms with Gasteiger partial charge in [-0.05, 0) is 24.6 Å². The lowest BCUT2D eigenvalue weighted by molar-refractivity contribution is 0.418. The first-order chi connectivity index (χ1) is 10.7. The zero-order valence-electron chi connectivity index (χ0n) is 12.9. The van der Waals surface area contributed by atoms with E-state index in [2.05, 4.69) is 10.1 Å². The molecule has 0 radical (unpaired) electrons. The minimum absolute atomic E-state index is 0.0723. The lowest BCUT2D eigenvalue weighted by Gasteiger charge is -2.18. The smallest absolute Gasteiger partial charge is 0.261 e. The van der Waals surface area contributed by atoms with Crippen molar-refractivity contribution in [3.63, 3.8) is 0 Å². The van der Waals surface area contributed by atoms with Gasteiger partial charge in [0, 0.05) is 13.2 Å². The molecule has 1 atom stereocenters. The van der Waals surface area contributed by atoms with Crippen LogP contribution in [0.5, 0.6) is 5.75 Å². The van der Waals surface area contributed by atoms with Gasteiger partial charge in [0.05, 0.1) is 30.6 Å². The van der Waals surface area contributed by atoms with Crippen LogP contribution in [0.25, 0.3) is 10.9 Å². The predicted molar refractivity (Wildman–Crippen MR) is 84.2 cm³/mol. The van der Waals surface area contributed by atoms with Gasteiger partial charge in [-0.1, -0.05) is 13.0 Å². The van der Waals surface area contributed by atoms with E-state index in [0.717, 1.165) is 12.1 Å². The van der Waals surface area contributed by atoms with E-state index < -0.39 is 0 Å². The van der Waals surface area contributed by atoms with E-state index in [1.165, 1.54) is 0 Å². The molecule has 0 aliphatic carbocycles. The number of hydrogen-bond donors (Lipinski definition) is 0. The minimum Gasteiger partial charge on any atom is -0.494 e. The maximum Gasteiger partial charge on any atom is 0.261 e. The Kier molecular flexibility index (Phi) is 3.66. The Labute approximate surface area is 128 Å². The first-order valence-electron chi connectivity index (χ1n) is 7.19. The van der Waals surface area contributed by atoms with E-state index in [4.69, 9.17) is 4.74 Å². The SMILES string of the molecule is CC[C@H](c1ccnn1C)n1cnc2c(OC)cccc2c1=O. The Bertz CT molecular complexity index is 866. The van der Waals surface area contributed by atoms with Crippen molar-refractivity contribution in [2.45, 2.75) is 19.4 Å². The van der Waals surface area contributed by atoms with Crippen LogP contribution >= 0.6 is 0 Å². The summed E-state index contributed by atoms with van der Waals surface area (Å²) in [7, 11) is 3.45. The third kappa shape index (κ3) is 2.16. The number of aromatic nitrogens is 4. The minimum atomic E-state index is -0.0944. The molecule has 0 saturated carbocycles. The van der Waals surface area contributed by atoms with Crippen LogP contribution in [0.3, 0.4) is 0 Å². The molecule has 6 nitrogen and oxygen atoms in total. The molecule has 2 heterocycles. The van der Waals surface area contributed by atoms with Gasteiger partial charge in [-0.2, -0.15) is 5.10 Å². The van der Waals surface area contributed by atoms with Crippen LogP contribution in [-0.4, -0.2) is 26.4 Å². The Morgan fingerprint density at radius 2 is 2.14 bits per heavy atom. The van der Waals surface area contributed by atoms with Crippen molar-refractivity contribution < 1.29 is 4.74 Å². The molecular weight excluding hydrogens is 280 g/mol. The van der Waals surface area contributed by atoms with Crippen LogP contribution in [0.2, 0.25) is 0 Å². The highest BCUT2D eigenvalue weighted by Gasteiger charge is 2.18. The molecular formula is C16H18N4O2. The number of hydrogen-bond acceptors (Lipinski definition) is 4. The second kappa shape index (κ2) is 5.63. The second-order valence-electron chi connectivity index (χ2n) is 5.12. The maximum absolute atomic E-state index is 12.8. The highest BCUT2D eigenvalue weighted by molar-refractivity contribution is 5.83. The Hall–Kier alpha value is -2.63. The molecule has 0 amide bonds. The van der Waals surface area contributed by atoms with Gasteiger partial charge >= 0.3 is 0 Å². The number of methoxy groups -OCH3 is 1. The average molecular weight is 298 g/mol. The standard InChI is InChI=1S/C16H18N4O2/c1-4-12(13-8-9-18-19(13)2)20-10-17-15-11(16(20)21)6-5-7-14(15)22-3/h5-10,12H,4H2,1-3H3/t12-/m1/s1. The molecule has 0 spiro atoms. The summed E-state index contributed by atoms with van der Waals surface area (Å²) in [4.78, 5) is 17.3. The van der Waals surface area contributed by atoms with Crippen LogP contribution in [0, 0.1) is 0 Å². The van der Waals surface area contributed by atoms with Crippen molar-refractivity contribution in [2.75, 3.05) is 7.11 Å². The van der Waals surface area contributed by atoms with Crippen molar-refractivity contribution in [1.29, 1.82) is 0 Å². The van der Waals surface area contributed by atoms with Gasteiger partial charge in [0.2, 0.25) is 0 Å². The fourth-order valence-electron chi connectivity index (χ4n) is 2.79. The van der Waals surface area contributed by atoms with Gasteiger partial charge in [-0.15, -0.1) is 0 Å². The van der Waals surface area contributed by atoms with Crippen molar-refractivity contribution in [2.24, 2.45) is 7.05 Å². The van der Waals surface area contributed by atoms with E-state index >= 15 is 0 Å². The van der Waals surface area contributed by atoms with Gasteiger partial charge in [-0.25, -0.2) is 4.98 Å². The topological polar surface area (TPSA) is 61.9 Å². The highest BCUT2D eigenvalue weighted by atomic mass is 16.5. The molecule has 1 aromatic carbocycles. The Balaban J connectivity index is 2.22. The lowest BCUT2D eigenvalue weighted by Crippen LogP contribution is -2.27. The molecule has 3 rings (SSSR count). The molecule has 0 N–H and O–H groups in total. The molecule has 0 saturated heterocycles. The summed E-state index contributed by atoms with van der Waals surface area (Å²) < 4.78 is 8.73. The predicted octanol–water partition coefficient (Wildman–Crippen LogP) is 2.14. The van der Waals surface area contributed by atoms with Crippen LogP contribution in [0.1, 0.15) is 25.1 Å². The van der Waals surface area contributed by atoms with E-state index in [1.807, 2.05) is 20.0 Å². The normalized spacial score (nSPS) is 12.5. The van der Waals surface area contributed by atoms with Gasteiger partial charge in [0.1, 0.15) is 11.3 Å². The molecule has 22 heavy (non-hydrogen) atoms. The maximum atomic E-state index is 12.8. The molecule has 0 bridgehead atoms. The fraction of sp³-hybridized carbons (Fsp3) is 0.312. The largest absolute Gasteiger partial charge is 0.494 e. The first kappa shape index (κ1) is 14.3. The molecule has 0 aliphatic heterocycles. The third-order valence-corrected chi connectivity index (χ3v) is 3.92. The summed E-state index contributed by atoms with van der Waals surface area (Å²) in [5, 5.41) is 4.75. The fourth-order valence-corrected chi connectivity index (χ4v) is 2.79. The molecule has 114 valence electrons. The summed E-state index contributed by atoms with van der Waals surface area (Å²) in [6.07, 6.45) is 4.10. The lowest BCUT2D eigenvalue weighted by atomic mass is 10.1. The van der Waals surface area contributed by atoms with Crippen molar-refractivity contribution in [3.05, 3.63) is 52.8 Å².